The summed E-state index contributed by atoms with van der Waals surface area (Å²) < 4.78 is 10.5. The molecule has 17 heavy (non-hydrogen) atoms. The maximum atomic E-state index is 5.32. The van der Waals surface area contributed by atoms with Crippen LogP contribution in [0, 0.1) is 0 Å². The number of pyridine rings is 1. The summed E-state index contributed by atoms with van der Waals surface area (Å²) in [6.45, 7) is 3.92. The number of aromatic nitrogens is 1. The zero-order valence-electron chi connectivity index (χ0n) is 11.0. The lowest BCUT2D eigenvalue weighted by atomic mass is 10.2. The third kappa shape index (κ3) is 4.23. The van der Waals surface area contributed by atoms with E-state index >= 15 is 0 Å². The van der Waals surface area contributed by atoms with Crippen LogP contribution in [0.25, 0.3) is 0 Å². The molecule has 0 aliphatic heterocycles. The zero-order chi connectivity index (χ0) is 12.5. The molecule has 1 rings (SSSR count). The fourth-order valence-corrected chi connectivity index (χ4v) is 1.68. The molecule has 96 valence electrons. The summed E-state index contributed by atoms with van der Waals surface area (Å²) in [6.07, 6.45) is 5.44. The molecule has 0 spiro atoms. The minimum Gasteiger partial charge on any atom is -0.493 e. The van der Waals surface area contributed by atoms with Gasteiger partial charge in [-0.05, 0) is 13.0 Å². The van der Waals surface area contributed by atoms with Gasteiger partial charge in [-0.25, -0.2) is 0 Å². The summed E-state index contributed by atoms with van der Waals surface area (Å²) in [7, 11) is 3.27. The molecule has 4 nitrogen and oxygen atoms in total. The number of rotatable bonds is 8. The Morgan fingerprint density at radius 3 is 2.71 bits per heavy atom. The number of ether oxygens (including phenoxy) is 2. The van der Waals surface area contributed by atoms with Gasteiger partial charge in [0.1, 0.15) is 0 Å². The van der Waals surface area contributed by atoms with E-state index in [1.807, 2.05) is 0 Å². The highest BCUT2D eigenvalue weighted by Crippen LogP contribution is 2.28. The molecule has 0 bridgehead atoms. The summed E-state index contributed by atoms with van der Waals surface area (Å²) >= 11 is 0. The number of methoxy groups -OCH3 is 2. The second kappa shape index (κ2) is 7.90. The Hall–Kier alpha value is -1.29. The molecular weight excluding hydrogens is 216 g/mol. The van der Waals surface area contributed by atoms with Crippen LogP contribution < -0.4 is 14.8 Å². The Morgan fingerprint density at radius 2 is 2.06 bits per heavy atom. The standard InChI is InChI=1S/C13H22N2O2/c1-4-5-6-8-14-10-11-13(17-3)12(16-2)7-9-15-11/h7,9,14H,4-6,8,10H2,1-3H3. The number of nitrogens with zero attached hydrogens (tertiary/aromatic N) is 1. The van der Waals surface area contributed by atoms with Crippen LogP contribution in [0.2, 0.25) is 0 Å². The maximum absolute atomic E-state index is 5.32. The molecule has 0 unspecified atom stereocenters. The van der Waals surface area contributed by atoms with Crippen molar-refractivity contribution in [2.75, 3.05) is 20.8 Å². The largest absolute Gasteiger partial charge is 0.493 e. The molecule has 0 aliphatic carbocycles. The van der Waals surface area contributed by atoms with Crippen LogP contribution in [-0.2, 0) is 6.54 Å². The molecule has 0 saturated heterocycles. The van der Waals surface area contributed by atoms with Gasteiger partial charge in [-0.15, -0.1) is 0 Å². The molecule has 0 radical (unpaired) electrons. The van der Waals surface area contributed by atoms with Gasteiger partial charge >= 0.3 is 0 Å². The van der Waals surface area contributed by atoms with Crippen LogP contribution >= 0.6 is 0 Å². The highest BCUT2D eigenvalue weighted by molar-refractivity contribution is 5.42. The third-order valence-electron chi connectivity index (χ3n) is 2.62. The molecule has 1 aromatic heterocycles. The van der Waals surface area contributed by atoms with Gasteiger partial charge in [-0.3, -0.25) is 4.98 Å². The van der Waals surface area contributed by atoms with Crippen LogP contribution in [0.1, 0.15) is 31.9 Å². The molecule has 0 amide bonds. The van der Waals surface area contributed by atoms with Crippen molar-refractivity contribution >= 4 is 0 Å². The number of hydrogen-bond donors (Lipinski definition) is 1. The Bertz CT molecular complexity index is 329. The molecule has 1 aromatic rings. The van der Waals surface area contributed by atoms with Gasteiger partial charge in [-0.1, -0.05) is 19.8 Å². The second-order valence-electron chi connectivity index (χ2n) is 3.88. The van der Waals surface area contributed by atoms with E-state index in [4.69, 9.17) is 9.47 Å². The average molecular weight is 238 g/mol. The van der Waals surface area contributed by atoms with Crippen molar-refractivity contribution in [2.24, 2.45) is 0 Å². The summed E-state index contributed by atoms with van der Waals surface area (Å²) in [4.78, 5) is 4.31. The van der Waals surface area contributed by atoms with Gasteiger partial charge in [0.2, 0.25) is 0 Å². The van der Waals surface area contributed by atoms with E-state index in [0.29, 0.717) is 6.54 Å². The monoisotopic (exact) mass is 238 g/mol. The van der Waals surface area contributed by atoms with Gasteiger partial charge in [0.05, 0.1) is 19.9 Å². The molecule has 0 fully saturated rings. The summed E-state index contributed by atoms with van der Waals surface area (Å²) in [5.74, 6) is 1.45. The van der Waals surface area contributed by atoms with Crippen molar-refractivity contribution in [3.05, 3.63) is 18.0 Å². The van der Waals surface area contributed by atoms with Crippen molar-refractivity contribution in [3.63, 3.8) is 0 Å². The van der Waals surface area contributed by atoms with E-state index in [2.05, 4.69) is 17.2 Å². The Morgan fingerprint density at radius 1 is 1.24 bits per heavy atom. The predicted octanol–water partition coefficient (Wildman–Crippen LogP) is 2.38. The van der Waals surface area contributed by atoms with E-state index in [-0.39, 0.29) is 0 Å². The van der Waals surface area contributed by atoms with E-state index in [1.54, 1.807) is 26.5 Å². The first-order valence-corrected chi connectivity index (χ1v) is 6.10. The average Bonchev–Trinajstić information content (AvgIpc) is 2.38. The molecule has 0 aliphatic rings. The molecule has 0 atom stereocenters. The van der Waals surface area contributed by atoms with E-state index in [1.165, 1.54) is 19.3 Å². The summed E-state index contributed by atoms with van der Waals surface area (Å²) in [6, 6.07) is 1.80. The normalized spacial score (nSPS) is 10.3. The van der Waals surface area contributed by atoms with Crippen molar-refractivity contribution in [1.29, 1.82) is 0 Å². The first kappa shape index (κ1) is 13.8. The highest BCUT2D eigenvalue weighted by Gasteiger charge is 2.09. The lowest BCUT2D eigenvalue weighted by molar-refractivity contribution is 0.348. The Kier molecular flexibility index (Phi) is 6.40. The van der Waals surface area contributed by atoms with Crippen LogP contribution in [0.15, 0.2) is 12.3 Å². The molecule has 0 aromatic carbocycles. The van der Waals surface area contributed by atoms with Crippen LogP contribution in [0.4, 0.5) is 0 Å². The summed E-state index contributed by atoms with van der Waals surface area (Å²) in [5.41, 5.74) is 0.892. The number of hydrogen-bond acceptors (Lipinski definition) is 4. The minimum atomic E-state index is 0.712. The first-order chi connectivity index (χ1) is 8.33. The Balaban J connectivity index is 2.52. The van der Waals surface area contributed by atoms with E-state index in [0.717, 1.165) is 23.7 Å². The predicted molar refractivity (Wildman–Crippen MR) is 68.6 cm³/mol. The van der Waals surface area contributed by atoms with Gasteiger partial charge in [-0.2, -0.15) is 0 Å². The second-order valence-corrected chi connectivity index (χ2v) is 3.88. The van der Waals surface area contributed by atoms with Crippen LogP contribution in [0.3, 0.4) is 0 Å². The van der Waals surface area contributed by atoms with E-state index in [9.17, 15) is 0 Å². The molecule has 0 saturated carbocycles. The molecule has 1 N–H and O–H groups in total. The molecular formula is C13H22N2O2. The Labute approximate surface area is 103 Å². The molecule has 1 heterocycles. The zero-order valence-corrected chi connectivity index (χ0v) is 11.0. The fraction of sp³-hybridized carbons (Fsp3) is 0.615. The van der Waals surface area contributed by atoms with Crippen molar-refractivity contribution < 1.29 is 9.47 Å². The third-order valence-corrected chi connectivity index (χ3v) is 2.62. The topological polar surface area (TPSA) is 43.4 Å². The van der Waals surface area contributed by atoms with Crippen molar-refractivity contribution in [3.8, 4) is 11.5 Å². The van der Waals surface area contributed by atoms with Gasteiger partial charge in [0.15, 0.2) is 11.5 Å². The smallest absolute Gasteiger partial charge is 0.183 e. The van der Waals surface area contributed by atoms with Crippen LogP contribution in [0.5, 0.6) is 11.5 Å². The van der Waals surface area contributed by atoms with Gasteiger partial charge in [0.25, 0.3) is 0 Å². The first-order valence-electron chi connectivity index (χ1n) is 6.10. The highest BCUT2D eigenvalue weighted by atomic mass is 16.5. The van der Waals surface area contributed by atoms with Gasteiger partial charge in [0, 0.05) is 18.8 Å². The fourth-order valence-electron chi connectivity index (χ4n) is 1.68. The number of unbranched alkanes of at least 4 members (excludes halogenated alkanes) is 2. The lowest BCUT2D eigenvalue weighted by Gasteiger charge is -2.11. The minimum absolute atomic E-state index is 0.712. The van der Waals surface area contributed by atoms with E-state index < -0.39 is 0 Å². The van der Waals surface area contributed by atoms with Crippen molar-refractivity contribution in [1.82, 2.24) is 10.3 Å². The van der Waals surface area contributed by atoms with Gasteiger partial charge < -0.3 is 14.8 Å². The lowest BCUT2D eigenvalue weighted by Crippen LogP contribution is -2.16. The maximum Gasteiger partial charge on any atom is 0.183 e. The van der Waals surface area contributed by atoms with Crippen LogP contribution in [-0.4, -0.2) is 25.7 Å². The molecule has 4 heteroatoms. The SMILES string of the molecule is CCCCCNCc1nccc(OC)c1OC. The number of nitrogens with one attached hydrogen (secondary N) is 1. The summed E-state index contributed by atoms with van der Waals surface area (Å²) in [5, 5.41) is 3.36. The quantitative estimate of drug-likeness (QED) is 0.706. The van der Waals surface area contributed by atoms with Crippen molar-refractivity contribution in [2.45, 2.75) is 32.7 Å².